The number of piperidine rings is 1. The van der Waals surface area contributed by atoms with E-state index in [1.165, 1.54) is 12.0 Å². The van der Waals surface area contributed by atoms with E-state index in [0.29, 0.717) is 12.0 Å². The molecule has 7 nitrogen and oxygen atoms in total. The maximum absolute atomic E-state index is 6.23. The van der Waals surface area contributed by atoms with Crippen LogP contribution in [0.3, 0.4) is 0 Å². The molecule has 4 rings (SSSR count). The summed E-state index contributed by atoms with van der Waals surface area (Å²) in [7, 11) is 1.96. The average Bonchev–Trinajstić information content (AvgIpc) is 3.18. The fraction of sp³-hybridized carbons (Fsp3) is 0.667. The number of likely N-dealkylation sites (tertiary alicyclic amines) is 1. The Bertz CT molecular complexity index is 650. The van der Waals surface area contributed by atoms with Gasteiger partial charge in [0.15, 0.2) is 5.82 Å². The van der Waals surface area contributed by atoms with E-state index in [-0.39, 0.29) is 6.10 Å². The zero-order chi connectivity index (χ0) is 15.1. The monoisotopic (exact) mass is 302 g/mol. The van der Waals surface area contributed by atoms with Gasteiger partial charge < -0.3 is 4.74 Å². The fourth-order valence-corrected chi connectivity index (χ4v) is 3.62. The molecule has 2 aliphatic rings. The second-order valence-electron chi connectivity index (χ2n) is 6.48. The van der Waals surface area contributed by atoms with Gasteiger partial charge in [0, 0.05) is 31.9 Å². The number of hydrogen-bond acceptors (Lipinski definition) is 5. The first-order chi connectivity index (χ1) is 10.7. The Balaban J connectivity index is 1.39. The Morgan fingerprint density at radius 3 is 3.09 bits per heavy atom. The summed E-state index contributed by atoms with van der Waals surface area (Å²) in [4.78, 5) is 6.89. The van der Waals surface area contributed by atoms with Crippen molar-refractivity contribution in [1.82, 2.24) is 29.9 Å². The van der Waals surface area contributed by atoms with E-state index in [1.54, 1.807) is 0 Å². The highest BCUT2D eigenvalue weighted by Crippen LogP contribution is 2.40. The van der Waals surface area contributed by atoms with Gasteiger partial charge in [-0.1, -0.05) is 0 Å². The maximum atomic E-state index is 6.23. The predicted molar refractivity (Wildman–Crippen MR) is 79.9 cm³/mol. The van der Waals surface area contributed by atoms with Crippen molar-refractivity contribution >= 4 is 0 Å². The third kappa shape index (κ3) is 2.66. The molecule has 2 aliphatic heterocycles. The van der Waals surface area contributed by atoms with Gasteiger partial charge in [-0.25, -0.2) is 4.98 Å². The van der Waals surface area contributed by atoms with Crippen LogP contribution in [0.1, 0.15) is 36.2 Å². The van der Waals surface area contributed by atoms with E-state index in [2.05, 4.69) is 31.4 Å². The molecule has 0 amide bonds. The minimum Gasteiger partial charge on any atom is -0.365 e. The molecular weight excluding hydrogens is 280 g/mol. The van der Waals surface area contributed by atoms with Crippen molar-refractivity contribution in [1.29, 1.82) is 0 Å². The Kier molecular flexibility index (Phi) is 3.46. The third-order valence-electron chi connectivity index (χ3n) is 4.70. The van der Waals surface area contributed by atoms with Gasteiger partial charge in [0.05, 0.1) is 12.3 Å². The Morgan fingerprint density at radius 1 is 1.45 bits per heavy atom. The second kappa shape index (κ2) is 5.48. The normalized spacial score (nSPS) is 28.9. The van der Waals surface area contributed by atoms with Gasteiger partial charge in [-0.2, -0.15) is 10.2 Å². The molecule has 0 bridgehead atoms. The minimum atomic E-state index is 0.0540. The van der Waals surface area contributed by atoms with Crippen molar-refractivity contribution in [2.24, 2.45) is 13.0 Å². The van der Waals surface area contributed by atoms with Gasteiger partial charge in [0.2, 0.25) is 0 Å². The molecule has 2 aromatic heterocycles. The molecule has 2 aromatic rings. The molecule has 2 saturated heterocycles. The summed E-state index contributed by atoms with van der Waals surface area (Å²) in [6.07, 6.45) is 6.61. The lowest BCUT2D eigenvalue weighted by Gasteiger charge is -2.33. The number of hydrogen-bond donors (Lipinski definition) is 1. The fourth-order valence-electron chi connectivity index (χ4n) is 3.62. The highest BCUT2D eigenvalue weighted by molar-refractivity contribution is 5.05. The first kappa shape index (κ1) is 13.9. The molecule has 0 aromatic carbocycles. The van der Waals surface area contributed by atoms with Crippen LogP contribution < -0.4 is 0 Å². The lowest BCUT2D eigenvalue weighted by molar-refractivity contribution is -0.0119. The zero-order valence-corrected chi connectivity index (χ0v) is 13.1. The summed E-state index contributed by atoms with van der Waals surface area (Å²) in [6.45, 7) is 4.98. The van der Waals surface area contributed by atoms with Crippen LogP contribution in [0.15, 0.2) is 12.4 Å². The molecule has 1 N–H and O–H groups in total. The Hall–Kier alpha value is -1.73. The molecule has 0 aliphatic carbocycles. The summed E-state index contributed by atoms with van der Waals surface area (Å²) in [5.74, 6) is 2.30. The number of aromatic amines is 1. The van der Waals surface area contributed by atoms with Crippen molar-refractivity contribution in [3.63, 3.8) is 0 Å². The number of ether oxygens (including phenoxy) is 1. The van der Waals surface area contributed by atoms with Crippen molar-refractivity contribution in [3.8, 4) is 0 Å². The van der Waals surface area contributed by atoms with Crippen LogP contribution in [0, 0.1) is 12.8 Å². The quantitative estimate of drug-likeness (QED) is 0.922. The number of rotatable bonds is 3. The lowest BCUT2D eigenvalue weighted by atomic mass is 9.91. The first-order valence-electron chi connectivity index (χ1n) is 7.91. The maximum Gasteiger partial charge on any atom is 0.179 e. The third-order valence-corrected chi connectivity index (χ3v) is 4.70. The summed E-state index contributed by atoms with van der Waals surface area (Å²) in [5, 5.41) is 11.4. The van der Waals surface area contributed by atoms with Crippen LogP contribution >= 0.6 is 0 Å². The molecule has 7 heteroatoms. The number of fused-ring (bicyclic) bond motifs is 1. The topological polar surface area (TPSA) is 71.9 Å². The van der Waals surface area contributed by atoms with Gasteiger partial charge in [-0.3, -0.25) is 14.7 Å². The molecule has 3 atom stereocenters. The van der Waals surface area contributed by atoms with Crippen LogP contribution in [-0.4, -0.2) is 49.1 Å². The van der Waals surface area contributed by atoms with Gasteiger partial charge >= 0.3 is 0 Å². The number of nitrogens with zero attached hydrogens (tertiary/aromatic N) is 5. The summed E-state index contributed by atoms with van der Waals surface area (Å²) >= 11 is 0. The Morgan fingerprint density at radius 2 is 2.36 bits per heavy atom. The SMILES string of the molecule is Cc1nc([C@H]2C[C@H]3CCN(Cc4cnn(C)c4)C[C@@H]3O2)n[nH]1. The highest BCUT2D eigenvalue weighted by atomic mass is 16.5. The summed E-state index contributed by atoms with van der Waals surface area (Å²) in [6, 6.07) is 0. The van der Waals surface area contributed by atoms with E-state index < -0.39 is 0 Å². The molecule has 22 heavy (non-hydrogen) atoms. The van der Waals surface area contributed by atoms with Crippen molar-refractivity contribution in [3.05, 3.63) is 29.6 Å². The van der Waals surface area contributed by atoms with E-state index in [1.807, 2.05) is 24.9 Å². The molecule has 118 valence electrons. The lowest BCUT2D eigenvalue weighted by Crippen LogP contribution is -2.41. The molecule has 4 heterocycles. The van der Waals surface area contributed by atoms with Crippen molar-refractivity contribution < 1.29 is 4.74 Å². The number of aromatic nitrogens is 5. The minimum absolute atomic E-state index is 0.0540. The zero-order valence-electron chi connectivity index (χ0n) is 13.1. The number of H-pyrrole nitrogens is 1. The smallest absolute Gasteiger partial charge is 0.179 e. The van der Waals surface area contributed by atoms with Crippen LogP contribution in [0.2, 0.25) is 0 Å². The van der Waals surface area contributed by atoms with Crippen LogP contribution in [0.5, 0.6) is 0 Å². The standard InChI is InChI=1S/C15H22N6O/c1-10-17-15(19-18-10)13-5-12-3-4-21(9-14(12)22-13)8-11-6-16-20(2)7-11/h6-7,12-14H,3-5,8-9H2,1-2H3,(H,17,18,19)/t12-,13-,14+/m1/s1. The molecule has 0 unspecified atom stereocenters. The van der Waals surface area contributed by atoms with E-state index in [9.17, 15) is 0 Å². The van der Waals surface area contributed by atoms with Gasteiger partial charge in [-0.05, 0) is 32.2 Å². The van der Waals surface area contributed by atoms with Crippen molar-refractivity contribution in [2.45, 2.75) is 38.5 Å². The van der Waals surface area contributed by atoms with E-state index in [0.717, 1.165) is 37.7 Å². The van der Waals surface area contributed by atoms with E-state index >= 15 is 0 Å². The van der Waals surface area contributed by atoms with Crippen LogP contribution in [0.25, 0.3) is 0 Å². The molecule has 2 fully saturated rings. The Labute approximate surface area is 129 Å². The van der Waals surface area contributed by atoms with Crippen molar-refractivity contribution in [2.75, 3.05) is 13.1 Å². The molecule has 0 saturated carbocycles. The van der Waals surface area contributed by atoms with E-state index in [4.69, 9.17) is 4.74 Å². The average molecular weight is 302 g/mol. The molecular formula is C15H22N6O. The molecule has 0 spiro atoms. The summed E-state index contributed by atoms with van der Waals surface area (Å²) in [5.41, 5.74) is 1.26. The number of nitrogens with one attached hydrogen (secondary N) is 1. The van der Waals surface area contributed by atoms with Gasteiger partial charge in [0.1, 0.15) is 11.9 Å². The first-order valence-corrected chi connectivity index (χ1v) is 7.91. The van der Waals surface area contributed by atoms with Crippen LogP contribution in [-0.2, 0) is 18.3 Å². The summed E-state index contributed by atoms with van der Waals surface area (Å²) < 4.78 is 8.09. The van der Waals surface area contributed by atoms with Gasteiger partial charge in [0.25, 0.3) is 0 Å². The van der Waals surface area contributed by atoms with Gasteiger partial charge in [-0.15, -0.1) is 0 Å². The highest BCUT2D eigenvalue weighted by Gasteiger charge is 2.40. The van der Waals surface area contributed by atoms with Crippen LogP contribution in [0.4, 0.5) is 0 Å². The largest absolute Gasteiger partial charge is 0.365 e. The predicted octanol–water partition coefficient (Wildman–Crippen LogP) is 1.20. The molecule has 0 radical (unpaired) electrons. The number of aryl methyl sites for hydroxylation is 2. The second-order valence-corrected chi connectivity index (χ2v) is 6.48.